The SMILES string of the molecule is O=C(NN1C(=O)/C(=C\c2ccccc2F)SC1=S)c1ccccc1Cl. The van der Waals surface area contributed by atoms with Gasteiger partial charge in [-0.25, -0.2) is 4.39 Å². The molecule has 25 heavy (non-hydrogen) atoms. The largest absolute Gasteiger partial charge is 0.285 e. The first-order valence-corrected chi connectivity index (χ1v) is 8.65. The lowest BCUT2D eigenvalue weighted by atomic mass is 10.2. The molecule has 2 aromatic rings. The van der Waals surface area contributed by atoms with Gasteiger partial charge in [-0.1, -0.05) is 53.7 Å². The van der Waals surface area contributed by atoms with Crippen molar-refractivity contribution in [2.24, 2.45) is 0 Å². The maximum Gasteiger partial charge on any atom is 0.285 e. The van der Waals surface area contributed by atoms with Crippen LogP contribution in [-0.2, 0) is 4.79 Å². The summed E-state index contributed by atoms with van der Waals surface area (Å²) in [7, 11) is 0. The molecule has 0 bridgehead atoms. The molecule has 0 aromatic heterocycles. The van der Waals surface area contributed by atoms with Gasteiger partial charge in [0.1, 0.15) is 5.82 Å². The number of nitrogens with one attached hydrogen (secondary N) is 1. The van der Waals surface area contributed by atoms with Crippen LogP contribution in [0.25, 0.3) is 6.08 Å². The third kappa shape index (κ3) is 3.73. The molecule has 1 fully saturated rings. The summed E-state index contributed by atoms with van der Waals surface area (Å²) in [6, 6.07) is 12.5. The number of carbonyl (C=O) groups excluding carboxylic acids is 2. The van der Waals surface area contributed by atoms with Crippen molar-refractivity contribution in [1.82, 2.24) is 10.4 Å². The second-order valence-corrected chi connectivity index (χ2v) is 7.04. The van der Waals surface area contributed by atoms with Crippen LogP contribution in [0.15, 0.2) is 53.4 Å². The lowest BCUT2D eigenvalue weighted by Gasteiger charge is -2.16. The van der Waals surface area contributed by atoms with Gasteiger partial charge in [0.2, 0.25) is 0 Å². The van der Waals surface area contributed by atoms with Gasteiger partial charge in [0.25, 0.3) is 11.8 Å². The van der Waals surface area contributed by atoms with Crippen molar-refractivity contribution in [3.63, 3.8) is 0 Å². The van der Waals surface area contributed by atoms with E-state index in [1.165, 1.54) is 18.2 Å². The monoisotopic (exact) mass is 392 g/mol. The van der Waals surface area contributed by atoms with Crippen LogP contribution >= 0.6 is 35.6 Å². The topological polar surface area (TPSA) is 49.4 Å². The normalized spacial score (nSPS) is 15.8. The van der Waals surface area contributed by atoms with E-state index < -0.39 is 17.6 Å². The predicted octanol–water partition coefficient (Wildman–Crippen LogP) is 4.03. The number of nitrogens with zero attached hydrogens (tertiary/aromatic N) is 1. The standard InChI is InChI=1S/C17H10ClFN2O2S2/c18-12-7-3-2-6-11(12)15(22)20-21-16(23)14(25-17(21)24)9-10-5-1-4-8-13(10)19/h1-9H,(H,20,22)/b14-9+. The highest BCUT2D eigenvalue weighted by Gasteiger charge is 2.34. The Morgan fingerprint density at radius 3 is 2.60 bits per heavy atom. The summed E-state index contributed by atoms with van der Waals surface area (Å²) in [5, 5.41) is 1.21. The number of hydrazine groups is 1. The maximum absolute atomic E-state index is 13.7. The molecule has 126 valence electrons. The maximum atomic E-state index is 13.7. The van der Waals surface area contributed by atoms with Crippen molar-refractivity contribution >= 4 is 57.8 Å². The molecule has 0 saturated carbocycles. The first kappa shape index (κ1) is 17.6. The Balaban J connectivity index is 1.81. The lowest BCUT2D eigenvalue weighted by Crippen LogP contribution is -2.44. The van der Waals surface area contributed by atoms with Crippen LogP contribution in [0.2, 0.25) is 5.02 Å². The van der Waals surface area contributed by atoms with E-state index in [9.17, 15) is 14.0 Å². The second kappa shape index (κ2) is 7.35. The van der Waals surface area contributed by atoms with Gasteiger partial charge in [0.05, 0.1) is 15.5 Å². The summed E-state index contributed by atoms with van der Waals surface area (Å²) in [5.41, 5.74) is 2.91. The number of benzene rings is 2. The number of thiocarbonyl (C=S) groups is 1. The van der Waals surface area contributed by atoms with E-state index in [0.29, 0.717) is 0 Å². The smallest absolute Gasteiger partial charge is 0.267 e. The predicted molar refractivity (Wildman–Crippen MR) is 100 cm³/mol. The molecule has 0 unspecified atom stereocenters. The molecule has 0 aliphatic carbocycles. The molecule has 8 heteroatoms. The van der Waals surface area contributed by atoms with E-state index in [1.807, 2.05) is 0 Å². The van der Waals surface area contributed by atoms with E-state index in [-0.39, 0.29) is 25.4 Å². The number of thioether (sulfide) groups is 1. The zero-order valence-electron chi connectivity index (χ0n) is 12.5. The van der Waals surface area contributed by atoms with Crippen LogP contribution in [-0.4, -0.2) is 21.1 Å². The van der Waals surface area contributed by atoms with Crippen molar-refractivity contribution in [2.75, 3.05) is 0 Å². The van der Waals surface area contributed by atoms with Crippen LogP contribution in [0.1, 0.15) is 15.9 Å². The fourth-order valence-corrected chi connectivity index (χ4v) is 3.50. The molecule has 1 aliphatic heterocycles. The minimum atomic E-state index is -0.561. The Hall–Kier alpha value is -2.22. The number of hydrogen-bond acceptors (Lipinski definition) is 4. The molecule has 2 aromatic carbocycles. The third-order valence-corrected chi connectivity index (χ3v) is 4.95. The van der Waals surface area contributed by atoms with Gasteiger partial charge < -0.3 is 0 Å². The van der Waals surface area contributed by atoms with Gasteiger partial charge in [0, 0.05) is 5.56 Å². The van der Waals surface area contributed by atoms with Crippen LogP contribution in [0.3, 0.4) is 0 Å². The second-order valence-electron chi connectivity index (χ2n) is 4.96. The molecule has 0 atom stereocenters. The van der Waals surface area contributed by atoms with Gasteiger partial charge in [0.15, 0.2) is 4.32 Å². The minimum Gasteiger partial charge on any atom is -0.267 e. The van der Waals surface area contributed by atoms with Crippen molar-refractivity contribution in [3.05, 3.63) is 75.4 Å². The molecule has 0 radical (unpaired) electrons. The number of carbonyl (C=O) groups is 2. The molecule has 2 amide bonds. The Bertz CT molecular complexity index is 917. The highest BCUT2D eigenvalue weighted by atomic mass is 35.5. The Labute approximate surface area is 157 Å². The van der Waals surface area contributed by atoms with Gasteiger partial charge >= 0.3 is 0 Å². The summed E-state index contributed by atoms with van der Waals surface area (Å²) < 4.78 is 13.9. The summed E-state index contributed by atoms with van der Waals surface area (Å²) in [6.07, 6.45) is 1.40. The Morgan fingerprint density at radius 1 is 1.20 bits per heavy atom. The number of amides is 2. The molecule has 0 spiro atoms. The molecular weight excluding hydrogens is 383 g/mol. The van der Waals surface area contributed by atoms with Crippen molar-refractivity contribution in [1.29, 1.82) is 0 Å². The Morgan fingerprint density at radius 2 is 1.88 bits per heavy atom. The molecule has 1 N–H and O–H groups in total. The summed E-state index contributed by atoms with van der Waals surface area (Å²) in [6.45, 7) is 0. The van der Waals surface area contributed by atoms with Crippen molar-refractivity contribution in [2.45, 2.75) is 0 Å². The first-order chi connectivity index (χ1) is 12.0. The number of hydrogen-bond donors (Lipinski definition) is 1. The van der Waals surface area contributed by atoms with Crippen LogP contribution in [0, 0.1) is 5.82 Å². The highest BCUT2D eigenvalue weighted by Crippen LogP contribution is 2.32. The highest BCUT2D eigenvalue weighted by molar-refractivity contribution is 8.26. The van der Waals surface area contributed by atoms with E-state index in [1.54, 1.807) is 36.4 Å². The van der Waals surface area contributed by atoms with Gasteiger partial charge in [-0.05, 0) is 36.5 Å². The Kier molecular flexibility index (Phi) is 5.17. The van der Waals surface area contributed by atoms with Crippen molar-refractivity contribution in [3.8, 4) is 0 Å². The van der Waals surface area contributed by atoms with E-state index in [4.69, 9.17) is 23.8 Å². The molecule has 1 aliphatic rings. The van der Waals surface area contributed by atoms with Gasteiger partial charge in [-0.15, -0.1) is 0 Å². The minimum absolute atomic E-state index is 0.146. The fraction of sp³-hybridized carbons (Fsp3) is 0. The lowest BCUT2D eigenvalue weighted by molar-refractivity contribution is -0.123. The van der Waals surface area contributed by atoms with E-state index >= 15 is 0 Å². The van der Waals surface area contributed by atoms with Crippen LogP contribution in [0.4, 0.5) is 4.39 Å². The van der Waals surface area contributed by atoms with E-state index in [0.717, 1.165) is 16.8 Å². The van der Waals surface area contributed by atoms with Gasteiger partial charge in [-0.2, -0.15) is 5.01 Å². The summed E-state index contributed by atoms with van der Waals surface area (Å²) in [5.74, 6) is -1.54. The van der Waals surface area contributed by atoms with Gasteiger partial charge in [-0.3, -0.25) is 15.0 Å². The third-order valence-electron chi connectivity index (χ3n) is 3.32. The van der Waals surface area contributed by atoms with E-state index in [2.05, 4.69) is 5.43 Å². The average Bonchev–Trinajstić information content (AvgIpc) is 2.85. The van der Waals surface area contributed by atoms with Crippen molar-refractivity contribution < 1.29 is 14.0 Å². The summed E-state index contributed by atoms with van der Waals surface area (Å²) >= 11 is 12.1. The number of rotatable bonds is 3. The fourth-order valence-electron chi connectivity index (χ4n) is 2.10. The zero-order chi connectivity index (χ0) is 18.0. The molecule has 3 rings (SSSR count). The summed E-state index contributed by atoms with van der Waals surface area (Å²) in [4.78, 5) is 25.0. The molecular formula is C17H10ClFN2O2S2. The first-order valence-electron chi connectivity index (χ1n) is 7.05. The zero-order valence-corrected chi connectivity index (χ0v) is 14.9. The molecule has 1 saturated heterocycles. The number of halogens is 2. The average molecular weight is 393 g/mol. The molecule has 1 heterocycles. The quantitative estimate of drug-likeness (QED) is 0.633. The molecule has 4 nitrogen and oxygen atoms in total. The van der Waals surface area contributed by atoms with Crippen LogP contribution < -0.4 is 5.43 Å². The van der Waals surface area contributed by atoms with Crippen LogP contribution in [0.5, 0.6) is 0 Å².